The molecule has 2 saturated heterocycles. The van der Waals surface area contributed by atoms with Crippen LogP contribution in [0.25, 0.3) is 0 Å². The van der Waals surface area contributed by atoms with Crippen LogP contribution in [0.1, 0.15) is 39.5 Å². The number of carbonyl (C=O) groups excluding carboxylic acids is 1. The number of aromatic nitrogens is 2. The number of imidazole rings is 1. The minimum Gasteiger partial charge on any atom is -0.363 e. The smallest absolute Gasteiger partial charge is 0.222 e. The van der Waals surface area contributed by atoms with Gasteiger partial charge in [0.1, 0.15) is 5.82 Å². The van der Waals surface area contributed by atoms with Gasteiger partial charge in [-0.15, -0.1) is 0 Å². The molecule has 1 amide bonds. The van der Waals surface area contributed by atoms with E-state index in [9.17, 15) is 9.18 Å². The van der Waals surface area contributed by atoms with E-state index in [2.05, 4.69) is 23.7 Å². The van der Waals surface area contributed by atoms with Crippen molar-refractivity contribution in [3.8, 4) is 0 Å². The molecule has 0 N–H and O–H groups in total. The first kappa shape index (κ1) is 19.0. The van der Waals surface area contributed by atoms with Crippen molar-refractivity contribution in [3.63, 3.8) is 0 Å². The molecular weight excluding hydrogens is 355 g/mol. The van der Waals surface area contributed by atoms with Crippen molar-refractivity contribution in [2.75, 3.05) is 18.0 Å². The fourth-order valence-corrected chi connectivity index (χ4v) is 5.13. The first-order chi connectivity index (χ1) is 13.4. The third-order valence-corrected chi connectivity index (χ3v) is 6.24. The maximum atomic E-state index is 13.8. The molecular formula is C22H29FN4O. The average Bonchev–Trinajstić information content (AvgIpc) is 3.25. The van der Waals surface area contributed by atoms with Crippen LogP contribution in [0.4, 0.5) is 10.1 Å². The lowest BCUT2D eigenvalue weighted by molar-refractivity contribution is -0.133. The van der Waals surface area contributed by atoms with Crippen LogP contribution in [-0.2, 0) is 11.3 Å². The molecule has 0 saturated carbocycles. The normalized spacial score (nSPS) is 23.7. The second-order valence-corrected chi connectivity index (χ2v) is 8.73. The van der Waals surface area contributed by atoms with Gasteiger partial charge in [0, 0.05) is 55.7 Å². The number of anilines is 1. The van der Waals surface area contributed by atoms with Crippen LogP contribution in [-0.4, -0.2) is 45.0 Å². The van der Waals surface area contributed by atoms with E-state index in [4.69, 9.17) is 0 Å². The van der Waals surface area contributed by atoms with Gasteiger partial charge < -0.3 is 14.4 Å². The molecule has 2 atom stereocenters. The Hall–Kier alpha value is -2.37. The molecule has 4 rings (SSSR count). The zero-order valence-electron chi connectivity index (χ0n) is 16.7. The molecule has 0 spiro atoms. The van der Waals surface area contributed by atoms with Crippen LogP contribution >= 0.6 is 0 Å². The number of likely N-dealkylation sites (tertiary alicyclic amines) is 1. The molecule has 2 aliphatic heterocycles. The molecule has 150 valence electrons. The molecule has 1 aromatic carbocycles. The zero-order chi connectivity index (χ0) is 19.7. The van der Waals surface area contributed by atoms with Gasteiger partial charge in [-0.1, -0.05) is 6.07 Å². The predicted molar refractivity (Wildman–Crippen MR) is 108 cm³/mol. The minimum absolute atomic E-state index is 0.0381. The molecule has 2 aromatic rings. The largest absolute Gasteiger partial charge is 0.363 e. The van der Waals surface area contributed by atoms with E-state index in [0.29, 0.717) is 18.4 Å². The monoisotopic (exact) mass is 384 g/mol. The predicted octanol–water partition coefficient (Wildman–Crippen LogP) is 3.71. The Kier molecular flexibility index (Phi) is 5.13. The lowest BCUT2D eigenvalue weighted by Gasteiger charge is -2.42. The molecule has 0 unspecified atom stereocenters. The summed E-state index contributed by atoms with van der Waals surface area (Å²) in [5.41, 5.74) is 0.918. The number of halogens is 1. The number of hydrogen-bond donors (Lipinski definition) is 0. The summed E-state index contributed by atoms with van der Waals surface area (Å²) in [4.78, 5) is 21.2. The fourth-order valence-electron chi connectivity index (χ4n) is 5.13. The van der Waals surface area contributed by atoms with Crippen molar-refractivity contribution < 1.29 is 9.18 Å². The van der Waals surface area contributed by atoms with Crippen LogP contribution in [0, 0.1) is 11.7 Å². The first-order valence-electron chi connectivity index (χ1n) is 10.2. The Morgan fingerprint density at radius 3 is 2.96 bits per heavy atom. The van der Waals surface area contributed by atoms with Crippen molar-refractivity contribution in [3.05, 3.63) is 48.8 Å². The molecule has 5 nitrogen and oxygen atoms in total. The summed E-state index contributed by atoms with van der Waals surface area (Å²) in [6.07, 6.45) is 8.85. The number of nitrogens with zero attached hydrogens (tertiary/aromatic N) is 4. The fraction of sp³-hybridized carbons (Fsp3) is 0.545. The van der Waals surface area contributed by atoms with Crippen LogP contribution in [0.2, 0.25) is 0 Å². The van der Waals surface area contributed by atoms with E-state index in [-0.39, 0.29) is 17.3 Å². The second kappa shape index (κ2) is 7.57. The molecule has 6 heteroatoms. The summed E-state index contributed by atoms with van der Waals surface area (Å²) in [6, 6.07) is 7.28. The summed E-state index contributed by atoms with van der Waals surface area (Å²) in [7, 11) is 0. The highest BCUT2D eigenvalue weighted by molar-refractivity contribution is 5.76. The summed E-state index contributed by atoms with van der Waals surface area (Å²) >= 11 is 0. The Bertz CT molecular complexity index is 820. The van der Waals surface area contributed by atoms with Gasteiger partial charge in [0.25, 0.3) is 0 Å². The van der Waals surface area contributed by atoms with Gasteiger partial charge in [0.15, 0.2) is 0 Å². The van der Waals surface area contributed by atoms with Gasteiger partial charge in [-0.25, -0.2) is 9.37 Å². The summed E-state index contributed by atoms with van der Waals surface area (Å²) in [6.45, 7) is 6.88. The van der Waals surface area contributed by atoms with Crippen LogP contribution in [0.3, 0.4) is 0 Å². The topological polar surface area (TPSA) is 41.4 Å². The Labute approximate surface area is 166 Å². The molecule has 0 aliphatic carbocycles. The van der Waals surface area contributed by atoms with Crippen molar-refractivity contribution in [1.82, 2.24) is 14.5 Å². The maximum absolute atomic E-state index is 13.8. The summed E-state index contributed by atoms with van der Waals surface area (Å²) in [5, 5.41) is 0. The summed E-state index contributed by atoms with van der Waals surface area (Å²) < 4.78 is 15.8. The van der Waals surface area contributed by atoms with Crippen molar-refractivity contribution in [2.45, 2.75) is 57.7 Å². The van der Waals surface area contributed by atoms with Gasteiger partial charge in [0.05, 0.1) is 6.33 Å². The van der Waals surface area contributed by atoms with E-state index in [1.807, 2.05) is 21.7 Å². The number of carbonyl (C=O) groups is 1. The van der Waals surface area contributed by atoms with Gasteiger partial charge in [-0.2, -0.15) is 0 Å². The lowest BCUT2D eigenvalue weighted by atomic mass is 9.89. The molecule has 0 radical (unpaired) electrons. The molecule has 1 aromatic heterocycles. The van der Waals surface area contributed by atoms with E-state index < -0.39 is 0 Å². The molecule has 3 heterocycles. The third kappa shape index (κ3) is 3.77. The number of hydrogen-bond acceptors (Lipinski definition) is 3. The molecule has 0 bridgehead atoms. The number of piperidine rings is 1. The number of aryl methyl sites for hydroxylation is 1. The average molecular weight is 384 g/mol. The van der Waals surface area contributed by atoms with E-state index >= 15 is 0 Å². The Morgan fingerprint density at radius 1 is 1.36 bits per heavy atom. The number of fused-ring (bicyclic) bond motifs is 1. The molecule has 2 fully saturated rings. The number of amides is 1. The van der Waals surface area contributed by atoms with E-state index in [1.54, 1.807) is 24.7 Å². The lowest BCUT2D eigenvalue weighted by Crippen LogP contribution is -2.50. The van der Waals surface area contributed by atoms with Gasteiger partial charge >= 0.3 is 0 Å². The zero-order valence-corrected chi connectivity index (χ0v) is 16.7. The number of rotatable bonds is 5. The van der Waals surface area contributed by atoms with E-state index in [0.717, 1.165) is 44.6 Å². The van der Waals surface area contributed by atoms with Gasteiger partial charge in [0.2, 0.25) is 5.91 Å². The van der Waals surface area contributed by atoms with Crippen LogP contribution < -0.4 is 4.90 Å². The maximum Gasteiger partial charge on any atom is 0.222 e. The van der Waals surface area contributed by atoms with Gasteiger partial charge in [-0.05, 0) is 57.2 Å². The third-order valence-electron chi connectivity index (χ3n) is 6.24. The highest BCUT2D eigenvalue weighted by Crippen LogP contribution is 2.44. The van der Waals surface area contributed by atoms with Crippen molar-refractivity contribution in [1.29, 1.82) is 0 Å². The van der Waals surface area contributed by atoms with Crippen LogP contribution in [0.15, 0.2) is 43.0 Å². The minimum atomic E-state index is -0.192. The quantitative estimate of drug-likeness (QED) is 0.789. The van der Waals surface area contributed by atoms with E-state index in [1.165, 1.54) is 6.07 Å². The Morgan fingerprint density at radius 2 is 2.21 bits per heavy atom. The molecule has 2 aliphatic rings. The van der Waals surface area contributed by atoms with Crippen molar-refractivity contribution in [2.24, 2.45) is 5.92 Å². The highest BCUT2D eigenvalue weighted by atomic mass is 19.1. The standard InChI is InChI=1S/C22H29FN4O/c1-22(2)14-17-15-26(21(28)7-4-10-25-12-9-24-16-25)11-8-20(17)27(22)19-6-3-5-18(23)13-19/h3,5-6,9,12-13,16-17,20H,4,7-8,10-11,14-15H2,1-2H3/t17-,20+/m1/s1. The number of benzene rings is 1. The van der Waals surface area contributed by atoms with Crippen LogP contribution in [0.5, 0.6) is 0 Å². The van der Waals surface area contributed by atoms with Gasteiger partial charge in [-0.3, -0.25) is 4.79 Å². The molecule has 28 heavy (non-hydrogen) atoms. The highest BCUT2D eigenvalue weighted by Gasteiger charge is 2.48. The van der Waals surface area contributed by atoms with Crippen molar-refractivity contribution >= 4 is 11.6 Å². The Balaban J connectivity index is 1.38. The second-order valence-electron chi connectivity index (χ2n) is 8.73. The first-order valence-corrected chi connectivity index (χ1v) is 10.2. The summed E-state index contributed by atoms with van der Waals surface area (Å²) in [5.74, 6) is 0.493. The SMILES string of the molecule is CC1(C)C[C@@H]2CN(C(=O)CCCn3ccnc3)CC[C@@H]2N1c1cccc(F)c1.